The summed E-state index contributed by atoms with van der Waals surface area (Å²) in [7, 11) is 0. The van der Waals surface area contributed by atoms with Crippen LogP contribution in [-0.2, 0) is 0 Å². The Kier molecular flexibility index (Phi) is 4.89. The van der Waals surface area contributed by atoms with Gasteiger partial charge in [0.1, 0.15) is 11.6 Å². The van der Waals surface area contributed by atoms with Crippen molar-refractivity contribution in [2.45, 2.75) is 19.3 Å². The number of amides is 2. The minimum absolute atomic E-state index is 0.0611. The second-order valence-electron chi connectivity index (χ2n) is 5.09. The van der Waals surface area contributed by atoms with Gasteiger partial charge in [0.2, 0.25) is 0 Å². The molecule has 3 N–H and O–H groups in total. The topological polar surface area (TPSA) is 61.4 Å². The normalized spacial score (nSPS) is 21.8. The molecule has 1 aromatic carbocycles. The average molecular weight is 284 g/mol. The predicted octanol–water partition coefficient (Wildman–Crippen LogP) is 2.49. The van der Waals surface area contributed by atoms with E-state index in [2.05, 4.69) is 10.6 Å². The van der Waals surface area contributed by atoms with E-state index < -0.39 is 17.7 Å². The van der Waals surface area contributed by atoms with Crippen LogP contribution in [0, 0.1) is 23.5 Å². The highest BCUT2D eigenvalue weighted by Gasteiger charge is 2.26. The van der Waals surface area contributed by atoms with E-state index in [9.17, 15) is 18.7 Å². The summed E-state index contributed by atoms with van der Waals surface area (Å²) in [4.78, 5) is 11.7. The molecule has 110 valence electrons. The molecule has 2 unspecified atom stereocenters. The SMILES string of the molecule is O=C(NCC1CCCC1CO)Nc1ccc(F)cc1F. The van der Waals surface area contributed by atoms with E-state index in [1.54, 1.807) is 0 Å². The number of rotatable bonds is 4. The van der Waals surface area contributed by atoms with Crippen LogP contribution in [0.5, 0.6) is 0 Å². The molecule has 1 aliphatic carbocycles. The molecule has 0 saturated heterocycles. The number of halogens is 2. The van der Waals surface area contributed by atoms with Crippen LogP contribution in [0.25, 0.3) is 0 Å². The zero-order valence-electron chi connectivity index (χ0n) is 11.0. The Morgan fingerprint density at radius 3 is 2.75 bits per heavy atom. The number of carbonyl (C=O) groups is 1. The van der Waals surface area contributed by atoms with Crippen molar-refractivity contribution in [3.05, 3.63) is 29.8 Å². The third kappa shape index (κ3) is 3.66. The molecule has 0 spiro atoms. The molecule has 6 heteroatoms. The molecular formula is C14H18F2N2O2. The van der Waals surface area contributed by atoms with Crippen molar-refractivity contribution in [1.82, 2.24) is 5.32 Å². The Morgan fingerprint density at radius 1 is 1.30 bits per heavy atom. The van der Waals surface area contributed by atoms with E-state index >= 15 is 0 Å². The number of aliphatic hydroxyl groups is 1. The van der Waals surface area contributed by atoms with Gasteiger partial charge in [0.25, 0.3) is 0 Å². The smallest absolute Gasteiger partial charge is 0.319 e. The van der Waals surface area contributed by atoms with Gasteiger partial charge < -0.3 is 15.7 Å². The van der Waals surface area contributed by atoms with Crippen molar-refractivity contribution in [3.8, 4) is 0 Å². The van der Waals surface area contributed by atoms with Gasteiger partial charge >= 0.3 is 6.03 Å². The molecule has 2 rings (SSSR count). The maximum Gasteiger partial charge on any atom is 0.319 e. The lowest BCUT2D eigenvalue weighted by Gasteiger charge is -2.18. The number of aliphatic hydroxyl groups excluding tert-OH is 1. The Balaban J connectivity index is 1.83. The van der Waals surface area contributed by atoms with Gasteiger partial charge in [-0.25, -0.2) is 13.6 Å². The highest BCUT2D eigenvalue weighted by atomic mass is 19.1. The number of nitrogens with one attached hydrogen (secondary N) is 2. The van der Waals surface area contributed by atoms with Crippen LogP contribution in [0.2, 0.25) is 0 Å². The summed E-state index contributed by atoms with van der Waals surface area (Å²) < 4.78 is 26.1. The molecule has 20 heavy (non-hydrogen) atoms. The fraction of sp³-hybridized carbons (Fsp3) is 0.500. The Morgan fingerprint density at radius 2 is 2.05 bits per heavy atom. The molecule has 1 fully saturated rings. The number of anilines is 1. The van der Waals surface area contributed by atoms with Crippen molar-refractivity contribution in [3.63, 3.8) is 0 Å². The molecule has 4 nitrogen and oxygen atoms in total. The summed E-state index contributed by atoms with van der Waals surface area (Å²) in [6.45, 7) is 0.570. The molecule has 1 aliphatic rings. The fourth-order valence-corrected chi connectivity index (χ4v) is 2.60. The average Bonchev–Trinajstić information content (AvgIpc) is 2.87. The van der Waals surface area contributed by atoms with Crippen LogP contribution in [0.3, 0.4) is 0 Å². The molecule has 2 amide bonds. The van der Waals surface area contributed by atoms with Crippen molar-refractivity contribution < 1.29 is 18.7 Å². The maximum absolute atomic E-state index is 13.4. The lowest BCUT2D eigenvalue weighted by atomic mass is 9.97. The first-order valence-electron chi connectivity index (χ1n) is 6.71. The number of carbonyl (C=O) groups excluding carboxylic acids is 1. The summed E-state index contributed by atoms with van der Waals surface area (Å²) in [5.74, 6) is -1.03. The first kappa shape index (κ1) is 14.7. The van der Waals surface area contributed by atoms with Gasteiger partial charge in [-0.2, -0.15) is 0 Å². The number of benzene rings is 1. The zero-order valence-corrected chi connectivity index (χ0v) is 11.0. The molecule has 0 bridgehead atoms. The van der Waals surface area contributed by atoms with E-state index in [0.717, 1.165) is 25.3 Å². The largest absolute Gasteiger partial charge is 0.396 e. The Bertz CT molecular complexity index is 482. The number of hydrogen-bond donors (Lipinski definition) is 3. The highest BCUT2D eigenvalue weighted by Crippen LogP contribution is 2.30. The van der Waals surface area contributed by atoms with Crippen molar-refractivity contribution in [2.24, 2.45) is 11.8 Å². The summed E-state index contributed by atoms with van der Waals surface area (Å²) in [5, 5.41) is 14.2. The van der Waals surface area contributed by atoms with Crippen LogP contribution >= 0.6 is 0 Å². The van der Waals surface area contributed by atoms with Gasteiger partial charge in [-0.15, -0.1) is 0 Å². The molecular weight excluding hydrogens is 266 g/mol. The van der Waals surface area contributed by atoms with Crippen molar-refractivity contribution >= 4 is 11.7 Å². The fourth-order valence-electron chi connectivity index (χ4n) is 2.60. The molecule has 0 aromatic heterocycles. The van der Waals surface area contributed by atoms with Gasteiger partial charge in [0.05, 0.1) is 5.69 Å². The molecule has 1 saturated carbocycles. The van der Waals surface area contributed by atoms with E-state index in [1.165, 1.54) is 6.07 Å². The summed E-state index contributed by atoms with van der Waals surface area (Å²) in [6, 6.07) is 2.45. The summed E-state index contributed by atoms with van der Waals surface area (Å²) >= 11 is 0. The van der Waals surface area contributed by atoms with E-state index in [-0.39, 0.29) is 24.1 Å². The molecule has 0 radical (unpaired) electrons. The Labute approximate surface area is 116 Å². The summed E-state index contributed by atoms with van der Waals surface area (Å²) in [6.07, 6.45) is 2.99. The van der Waals surface area contributed by atoms with Crippen LogP contribution in [-0.4, -0.2) is 24.3 Å². The van der Waals surface area contributed by atoms with Gasteiger partial charge in [-0.05, 0) is 36.8 Å². The minimum Gasteiger partial charge on any atom is -0.396 e. The summed E-state index contributed by atoms with van der Waals surface area (Å²) in [5.41, 5.74) is -0.0611. The van der Waals surface area contributed by atoms with E-state index in [0.29, 0.717) is 12.6 Å². The standard InChI is InChI=1S/C14H18F2N2O2/c15-11-4-5-13(12(16)6-11)18-14(20)17-7-9-2-1-3-10(9)8-19/h4-6,9-10,19H,1-3,7-8H2,(H2,17,18,20). The maximum atomic E-state index is 13.4. The first-order valence-corrected chi connectivity index (χ1v) is 6.71. The molecule has 0 aliphatic heterocycles. The number of hydrogen-bond acceptors (Lipinski definition) is 2. The third-order valence-corrected chi connectivity index (χ3v) is 3.76. The molecule has 0 heterocycles. The third-order valence-electron chi connectivity index (χ3n) is 3.76. The van der Waals surface area contributed by atoms with Crippen molar-refractivity contribution in [1.29, 1.82) is 0 Å². The molecule has 2 atom stereocenters. The van der Waals surface area contributed by atoms with Crippen LogP contribution in [0.15, 0.2) is 18.2 Å². The zero-order chi connectivity index (χ0) is 14.5. The van der Waals surface area contributed by atoms with Gasteiger partial charge in [-0.3, -0.25) is 0 Å². The van der Waals surface area contributed by atoms with E-state index in [4.69, 9.17) is 0 Å². The minimum atomic E-state index is -0.811. The van der Waals surface area contributed by atoms with E-state index in [1.807, 2.05) is 0 Å². The van der Waals surface area contributed by atoms with Crippen molar-refractivity contribution in [2.75, 3.05) is 18.5 Å². The lowest BCUT2D eigenvalue weighted by Crippen LogP contribution is -2.35. The van der Waals surface area contributed by atoms with Crippen LogP contribution in [0.4, 0.5) is 19.3 Å². The second kappa shape index (κ2) is 6.65. The Hall–Kier alpha value is -1.69. The van der Waals surface area contributed by atoms with Crippen LogP contribution in [0.1, 0.15) is 19.3 Å². The van der Waals surface area contributed by atoms with Gasteiger partial charge in [-0.1, -0.05) is 6.42 Å². The highest BCUT2D eigenvalue weighted by molar-refractivity contribution is 5.89. The monoisotopic (exact) mass is 284 g/mol. The molecule has 1 aromatic rings. The first-order chi connectivity index (χ1) is 9.60. The predicted molar refractivity (Wildman–Crippen MR) is 71.3 cm³/mol. The van der Waals surface area contributed by atoms with Crippen LogP contribution < -0.4 is 10.6 Å². The quantitative estimate of drug-likeness (QED) is 0.795. The second-order valence-corrected chi connectivity index (χ2v) is 5.09. The lowest BCUT2D eigenvalue weighted by molar-refractivity contribution is 0.192. The van der Waals surface area contributed by atoms with Gasteiger partial charge in [0.15, 0.2) is 0 Å². The number of urea groups is 1. The van der Waals surface area contributed by atoms with Gasteiger partial charge in [0, 0.05) is 19.2 Å².